The van der Waals surface area contributed by atoms with E-state index in [1.54, 1.807) is 22.9 Å². The second kappa shape index (κ2) is 8.93. The van der Waals surface area contributed by atoms with Gasteiger partial charge in [-0.3, -0.25) is 9.59 Å². The van der Waals surface area contributed by atoms with Gasteiger partial charge in [0, 0.05) is 29.1 Å². The summed E-state index contributed by atoms with van der Waals surface area (Å²) in [5.41, 5.74) is 9.74. The summed E-state index contributed by atoms with van der Waals surface area (Å²) >= 11 is 0. The predicted octanol–water partition coefficient (Wildman–Crippen LogP) is 4.49. The first-order valence-electron chi connectivity index (χ1n) is 10.5. The van der Waals surface area contributed by atoms with E-state index in [4.69, 9.17) is 10.2 Å². The molecule has 2 heterocycles. The summed E-state index contributed by atoms with van der Waals surface area (Å²) in [5, 5.41) is 8.12. The molecule has 0 saturated carbocycles. The maximum atomic E-state index is 12.5. The Kier molecular flexibility index (Phi) is 5.89. The van der Waals surface area contributed by atoms with Crippen LogP contribution >= 0.6 is 0 Å². The standard InChI is InChI=1S/C25H24N4O3/c1-3-21-20(25(26)31)15-27-29(21)17-11-9-16(10-12-17)28-24(30)14-13-19-18-7-5-6-8-23(18)32-22(19)4-2/h5-15H,3-4H2,1-2H3,(H2,26,31)(H,28,30). The van der Waals surface area contributed by atoms with E-state index in [0.29, 0.717) is 17.7 Å². The van der Waals surface area contributed by atoms with Crippen molar-refractivity contribution in [1.29, 1.82) is 0 Å². The van der Waals surface area contributed by atoms with Gasteiger partial charge in [-0.2, -0.15) is 5.10 Å². The summed E-state index contributed by atoms with van der Waals surface area (Å²) < 4.78 is 7.55. The van der Waals surface area contributed by atoms with E-state index in [2.05, 4.69) is 10.4 Å². The summed E-state index contributed by atoms with van der Waals surface area (Å²) in [6.45, 7) is 3.96. The minimum atomic E-state index is -0.500. The number of nitrogens with zero attached hydrogens (tertiary/aromatic N) is 2. The van der Waals surface area contributed by atoms with Crippen molar-refractivity contribution in [2.75, 3.05) is 5.32 Å². The third kappa shape index (κ3) is 4.05. The van der Waals surface area contributed by atoms with Gasteiger partial charge in [0.25, 0.3) is 5.91 Å². The number of aromatic nitrogens is 2. The Labute approximate surface area is 185 Å². The van der Waals surface area contributed by atoms with Crippen LogP contribution in [0.2, 0.25) is 0 Å². The van der Waals surface area contributed by atoms with Gasteiger partial charge in [-0.1, -0.05) is 32.0 Å². The molecule has 7 heteroatoms. The van der Waals surface area contributed by atoms with Crippen LogP contribution in [-0.4, -0.2) is 21.6 Å². The highest BCUT2D eigenvalue weighted by molar-refractivity contribution is 6.03. The number of carbonyl (C=O) groups is 2. The molecule has 2 amide bonds. The summed E-state index contributed by atoms with van der Waals surface area (Å²) in [5.74, 6) is 0.107. The molecule has 0 fully saturated rings. The number of furan rings is 1. The zero-order valence-corrected chi connectivity index (χ0v) is 18.0. The molecule has 0 aliphatic heterocycles. The van der Waals surface area contributed by atoms with Crippen LogP contribution in [0, 0.1) is 0 Å². The molecule has 32 heavy (non-hydrogen) atoms. The topological polar surface area (TPSA) is 103 Å². The quantitative estimate of drug-likeness (QED) is 0.423. The lowest BCUT2D eigenvalue weighted by Gasteiger charge is -2.08. The number of anilines is 1. The minimum Gasteiger partial charge on any atom is -0.460 e. The van der Waals surface area contributed by atoms with Crippen molar-refractivity contribution in [2.45, 2.75) is 26.7 Å². The minimum absolute atomic E-state index is 0.241. The van der Waals surface area contributed by atoms with Gasteiger partial charge in [0.2, 0.25) is 5.91 Å². The second-order valence-corrected chi connectivity index (χ2v) is 7.29. The van der Waals surface area contributed by atoms with E-state index >= 15 is 0 Å². The van der Waals surface area contributed by atoms with Crippen LogP contribution in [0.1, 0.15) is 41.2 Å². The lowest BCUT2D eigenvalue weighted by Crippen LogP contribution is -2.13. The van der Waals surface area contributed by atoms with Crippen LogP contribution in [-0.2, 0) is 17.6 Å². The number of hydrogen-bond donors (Lipinski definition) is 2. The van der Waals surface area contributed by atoms with Crippen molar-refractivity contribution < 1.29 is 14.0 Å². The van der Waals surface area contributed by atoms with Gasteiger partial charge in [-0.15, -0.1) is 0 Å². The van der Waals surface area contributed by atoms with Gasteiger partial charge in [0.15, 0.2) is 0 Å². The third-order valence-electron chi connectivity index (χ3n) is 5.28. The monoisotopic (exact) mass is 428 g/mol. The van der Waals surface area contributed by atoms with Crippen molar-refractivity contribution in [2.24, 2.45) is 5.73 Å². The van der Waals surface area contributed by atoms with Gasteiger partial charge in [0.1, 0.15) is 11.3 Å². The molecule has 2 aromatic heterocycles. The lowest BCUT2D eigenvalue weighted by molar-refractivity contribution is -0.111. The van der Waals surface area contributed by atoms with Crippen LogP contribution in [0.25, 0.3) is 22.7 Å². The SMILES string of the molecule is CCc1oc2ccccc2c1C=CC(=O)Nc1ccc(-n2ncc(C(N)=O)c2CC)cc1. The fraction of sp³-hybridized carbons (Fsp3) is 0.160. The number of para-hydroxylation sites is 1. The molecule has 3 N–H and O–H groups in total. The van der Waals surface area contributed by atoms with Crippen molar-refractivity contribution >= 4 is 34.5 Å². The Balaban J connectivity index is 1.50. The number of nitrogens with two attached hydrogens (primary N) is 1. The molecule has 0 unspecified atom stereocenters. The first-order valence-corrected chi connectivity index (χ1v) is 10.5. The lowest BCUT2D eigenvalue weighted by atomic mass is 10.1. The average molecular weight is 428 g/mol. The van der Waals surface area contributed by atoms with Crippen molar-refractivity contribution in [3.8, 4) is 5.69 Å². The number of aryl methyl sites for hydroxylation is 1. The molecule has 7 nitrogen and oxygen atoms in total. The molecule has 2 aromatic carbocycles. The summed E-state index contributed by atoms with van der Waals surface area (Å²) in [4.78, 5) is 24.0. The van der Waals surface area contributed by atoms with E-state index in [1.807, 2.05) is 50.2 Å². The first kappa shape index (κ1) is 21.1. The van der Waals surface area contributed by atoms with Crippen LogP contribution < -0.4 is 11.1 Å². The van der Waals surface area contributed by atoms with Crippen molar-refractivity contribution in [3.63, 3.8) is 0 Å². The number of primary amides is 1. The Hall–Kier alpha value is -4.13. The molecule has 0 atom stereocenters. The zero-order valence-electron chi connectivity index (χ0n) is 18.0. The predicted molar refractivity (Wildman–Crippen MR) is 125 cm³/mol. The second-order valence-electron chi connectivity index (χ2n) is 7.29. The van der Waals surface area contributed by atoms with Crippen molar-refractivity contribution in [1.82, 2.24) is 9.78 Å². The maximum Gasteiger partial charge on any atom is 0.252 e. The van der Waals surface area contributed by atoms with Crippen LogP contribution in [0.4, 0.5) is 5.69 Å². The number of hydrogen-bond acceptors (Lipinski definition) is 4. The Morgan fingerprint density at radius 3 is 2.53 bits per heavy atom. The average Bonchev–Trinajstić information content (AvgIpc) is 3.39. The number of carbonyl (C=O) groups excluding carboxylic acids is 2. The Morgan fingerprint density at radius 2 is 1.84 bits per heavy atom. The summed E-state index contributed by atoms with van der Waals surface area (Å²) in [6.07, 6.45) is 6.13. The first-order chi connectivity index (χ1) is 15.5. The van der Waals surface area contributed by atoms with Crippen LogP contribution in [0.15, 0.2) is 65.2 Å². The highest BCUT2D eigenvalue weighted by Gasteiger charge is 2.15. The fourth-order valence-corrected chi connectivity index (χ4v) is 3.73. The Bertz CT molecular complexity index is 1310. The Morgan fingerprint density at radius 1 is 1.09 bits per heavy atom. The molecular weight excluding hydrogens is 404 g/mol. The molecule has 0 aliphatic carbocycles. The molecule has 0 bridgehead atoms. The molecule has 0 radical (unpaired) electrons. The number of rotatable bonds is 7. The van der Waals surface area contributed by atoms with E-state index in [-0.39, 0.29) is 5.91 Å². The highest BCUT2D eigenvalue weighted by Crippen LogP contribution is 2.27. The van der Waals surface area contributed by atoms with Gasteiger partial charge < -0.3 is 15.5 Å². The van der Waals surface area contributed by atoms with Crippen LogP contribution in [0.5, 0.6) is 0 Å². The largest absolute Gasteiger partial charge is 0.460 e. The molecule has 0 saturated heterocycles. The van der Waals surface area contributed by atoms with Gasteiger partial charge in [-0.25, -0.2) is 4.68 Å². The normalized spacial score (nSPS) is 11.3. The number of fused-ring (bicyclic) bond motifs is 1. The van der Waals surface area contributed by atoms with Gasteiger partial charge in [0.05, 0.1) is 23.1 Å². The number of benzene rings is 2. The van der Waals surface area contributed by atoms with Gasteiger partial charge in [-0.05, 0) is 42.8 Å². The molecular formula is C25H24N4O3. The van der Waals surface area contributed by atoms with E-state index < -0.39 is 5.91 Å². The molecule has 4 rings (SSSR count). The maximum absolute atomic E-state index is 12.5. The summed E-state index contributed by atoms with van der Waals surface area (Å²) in [7, 11) is 0. The molecule has 0 spiro atoms. The highest BCUT2D eigenvalue weighted by atomic mass is 16.3. The molecule has 4 aromatic rings. The number of amides is 2. The van der Waals surface area contributed by atoms with E-state index in [9.17, 15) is 9.59 Å². The van der Waals surface area contributed by atoms with Crippen molar-refractivity contribution in [3.05, 3.63) is 83.4 Å². The summed E-state index contributed by atoms with van der Waals surface area (Å²) in [6, 6.07) is 15.0. The van der Waals surface area contributed by atoms with Gasteiger partial charge >= 0.3 is 0 Å². The van der Waals surface area contributed by atoms with E-state index in [0.717, 1.165) is 40.1 Å². The number of nitrogens with one attached hydrogen (secondary N) is 1. The molecule has 0 aliphatic rings. The van der Waals surface area contributed by atoms with E-state index in [1.165, 1.54) is 12.3 Å². The third-order valence-corrected chi connectivity index (χ3v) is 5.28. The molecule has 162 valence electrons. The fourth-order valence-electron chi connectivity index (χ4n) is 3.73. The zero-order chi connectivity index (χ0) is 22.7. The smallest absolute Gasteiger partial charge is 0.252 e. The van der Waals surface area contributed by atoms with Crippen LogP contribution in [0.3, 0.4) is 0 Å².